The van der Waals surface area contributed by atoms with E-state index in [9.17, 15) is 4.79 Å². The van der Waals surface area contributed by atoms with Crippen LogP contribution < -0.4 is 0 Å². The van der Waals surface area contributed by atoms with E-state index in [0.29, 0.717) is 5.56 Å². The van der Waals surface area contributed by atoms with Crippen LogP contribution in [-0.2, 0) is 4.79 Å². The maximum atomic E-state index is 10.0. The van der Waals surface area contributed by atoms with E-state index in [1.165, 1.54) is 0 Å². The standard InChI is InChI=1S/C8H5OS/c9-5-7-1-3-8(6-10)4-2-7/h1-4,6H. The van der Waals surface area contributed by atoms with E-state index in [2.05, 4.69) is 12.2 Å². The van der Waals surface area contributed by atoms with E-state index in [-0.39, 0.29) is 0 Å². The van der Waals surface area contributed by atoms with Crippen molar-refractivity contribution in [3.05, 3.63) is 35.4 Å². The van der Waals surface area contributed by atoms with Crippen molar-refractivity contribution in [1.29, 1.82) is 0 Å². The molecule has 0 bridgehead atoms. The predicted molar refractivity (Wildman–Crippen MR) is 44.0 cm³/mol. The van der Waals surface area contributed by atoms with E-state index in [4.69, 9.17) is 0 Å². The van der Waals surface area contributed by atoms with Crippen molar-refractivity contribution in [3.63, 3.8) is 0 Å². The molecule has 0 heterocycles. The average molecular weight is 149 g/mol. The van der Waals surface area contributed by atoms with Crippen LogP contribution in [0.4, 0.5) is 0 Å². The third kappa shape index (κ3) is 1.48. The van der Waals surface area contributed by atoms with Crippen LogP contribution in [0.5, 0.6) is 0 Å². The quantitative estimate of drug-likeness (QED) is 0.593. The Morgan fingerprint density at radius 1 is 1.30 bits per heavy atom. The summed E-state index contributed by atoms with van der Waals surface area (Å²) >= 11 is 4.67. The molecular formula is C8H5OS. The van der Waals surface area contributed by atoms with Gasteiger partial charge in [0, 0.05) is 10.9 Å². The van der Waals surface area contributed by atoms with Crippen LogP contribution in [0.15, 0.2) is 24.3 Å². The number of benzene rings is 1. The monoisotopic (exact) mass is 149 g/mol. The molecule has 0 fully saturated rings. The van der Waals surface area contributed by atoms with Crippen molar-refractivity contribution in [3.8, 4) is 0 Å². The molecule has 1 radical (unpaired) electrons. The van der Waals surface area contributed by atoms with Gasteiger partial charge in [0.25, 0.3) is 0 Å². The van der Waals surface area contributed by atoms with Gasteiger partial charge in [-0.15, -0.1) is 0 Å². The zero-order chi connectivity index (χ0) is 7.40. The first-order valence-electron chi connectivity index (χ1n) is 2.80. The summed E-state index contributed by atoms with van der Waals surface area (Å²) in [6, 6.07) is 6.94. The summed E-state index contributed by atoms with van der Waals surface area (Å²) in [5, 5.41) is 1.56. The first-order valence-corrected chi connectivity index (χ1v) is 3.27. The van der Waals surface area contributed by atoms with Gasteiger partial charge in [-0.3, -0.25) is 4.79 Å². The van der Waals surface area contributed by atoms with Crippen LogP contribution in [0.2, 0.25) is 0 Å². The second kappa shape index (κ2) is 3.22. The molecular weight excluding hydrogens is 144 g/mol. The van der Waals surface area contributed by atoms with Crippen LogP contribution in [0.1, 0.15) is 11.1 Å². The smallest absolute Gasteiger partial charge is 0.233 e. The molecule has 0 saturated heterocycles. The molecule has 0 atom stereocenters. The molecule has 0 N–H and O–H groups in total. The second-order valence-corrected chi connectivity index (χ2v) is 2.08. The number of carbonyl (C=O) groups excluding carboxylic acids is 1. The van der Waals surface area contributed by atoms with Gasteiger partial charge < -0.3 is 0 Å². The highest BCUT2D eigenvalue weighted by Crippen LogP contribution is 1.98. The van der Waals surface area contributed by atoms with E-state index in [1.54, 1.807) is 35.9 Å². The summed E-state index contributed by atoms with van der Waals surface area (Å²) in [5.74, 6) is 0. The van der Waals surface area contributed by atoms with Gasteiger partial charge in [0.05, 0.1) is 0 Å². The Morgan fingerprint density at radius 2 is 1.90 bits per heavy atom. The van der Waals surface area contributed by atoms with E-state index >= 15 is 0 Å². The molecule has 0 unspecified atom stereocenters. The highest BCUT2D eigenvalue weighted by Gasteiger charge is 1.88. The zero-order valence-electron chi connectivity index (χ0n) is 5.20. The second-order valence-electron chi connectivity index (χ2n) is 1.84. The molecule has 0 spiro atoms. The fraction of sp³-hybridized carbons (Fsp3) is 0. The van der Waals surface area contributed by atoms with Crippen molar-refractivity contribution in [2.75, 3.05) is 0 Å². The maximum absolute atomic E-state index is 10.0. The van der Waals surface area contributed by atoms with Gasteiger partial charge in [0.2, 0.25) is 6.29 Å². The Balaban J connectivity index is 3.00. The lowest BCUT2D eigenvalue weighted by Gasteiger charge is -1.89. The molecule has 1 rings (SSSR count). The molecule has 1 aromatic carbocycles. The molecule has 1 nitrogen and oxygen atoms in total. The lowest BCUT2D eigenvalue weighted by Crippen LogP contribution is -1.81. The normalized spacial score (nSPS) is 8.80. The molecule has 0 aliphatic carbocycles. The predicted octanol–water partition coefficient (Wildman–Crippen LogP) is 1.49. The lowest BCUT2D eigenvalue weighted by atomic mass is 10.2. The van der Waals surface area contributed by atoms with Crippen molar-refractivity contribution in [2.24, 2.45) is 0 Å². The summed E-state index contributed by atoms with van der Waals surface area (Å²) in [7, 11) is 0. The average Bonchev–Trinajstić information content (AvgIpc) is 2.05. The largest absolute Gasteiger partial charge is 0.285 e. The third-order valence-electron chi connectivity index (χ3n) is 1.16. The first kappa shape index (κ1) is 7.09. The van der Waals surface area contributed by atoms with Crippen molar-refractivity contribution in [1.82, 2.24) is 0 Å². The molecule has 49 valence electrons. The Labute approximate surface area is 64.7 Å². The molecule has 0 aromatic heterocycles. The van der Waals surface area contributed by atoms with Crippen molar-refractivity contribution in [2.45, 2.75) is 0 Å². The van der Waals surface area contributed by atoms with Gasteiger partial charge in [-0.2, -0.15) is 0 Å². The summed E-state index contributed by atoms with van der Waals surface area (Å²) in [6.07, 6.45) is 1.78. The summed E-state index contributed by atoms with van der Waals surface area (Å²) in [6.45, 7) is 0. The third-order valence-corrected chi connectivity index (χ3v) is 1.44. The van der Waals surface area contributed by atoms with Crippen LogP contribution in [0.25, 0.3) is 0 Å². The first-order chi connectivity index (χ1) is 4.86. The van der Waals surface area contributed by atoms with E-state index in [0.717, 1.165) is 5.56 Å². The topological polar surface area (TPSA) is 17.1 Å². The highest BCUT2D eigenvalue weighted by molar-refractivity contribution is 7.79. The molecule has 0 saturated carbocycles. The van der Waals surface area contributed by atoms with Crippen LogP contribution in [0.3, 0.4) is 0 Å². The molecule has 1 aromatic rings. The van der Waals surface area contributed by atoms with Gasteiger partial charge >= 0.3 is 0 Å². The SMILES string of the molecule is O=[C]c1ccc(C=S)cc1. The van der Waals surface area contributed by atoms with Crippen LogP contribution >= 0.6 is 12.2 Å². The maximum Gasteiger partial charge on any atom is 0.233 e. The summed E-state index contributed by atoms with van der Waals surface area (Å²) in [5.41, 5.74) is 1.50. The van der Waals surface area contributed by atoms with Gasteiger partial charge in [-0.05, 0) is 5.56 Å². The number of hydrogen-bond donors (Lipinski definition) is 0. The molecule has 2 heteroatoms. The number of hydrogen-bond acceptors (Lipinski definition) is 2. The van der Waals surface area contributed by atoms with E-state index < -0.39 is 0 Å². The van der Waals surface area contributed by atoms with Gasteiger partial charge in [0.1, 0.15) is 0 Å². The highest BCUT2D eigenvalue weighted by atomic mass is 32.1. The Morgan fingerprint density at radius 3 is 2.30 bits per heavy atom. The number of thiocarbonyl (C=S) groups is 1. The van der Waals surface area contributed by atoms with Crippen molar-refractivity contribution < 1.29 is 4.79 Å². The molecule has 10 heavy (non-hydrogen) atoms. The minimum atomic E-state index is 0.556. The molecule has 0 aliphatic heterocycles. The van der Waals surface area contributed by atoms with Gasteiger partial charge in [-0.1, -0.05) is 36.5 Å². The fourth-order valence-electron chi connectivity index (χ4n) is 0.630. The summed E-state index contributed by atoms with van der Waals surface area (Å²) < 4.78 is 0. The minimum Gasteiger partial charge on any atom is -0.285 e. The fourth-order valence-corrected chi connectivity index (χ4v) is 0.787. The van der Waals surface area contributed by atoms with E-state index in [1.807, 2.05) is 0 Å². The molecule has 0 aliphatic rings. The van der Waals surface area contributed by atoms with Gasteiger partial charge in [-0.25, -0.2) is 0 Å². The van der Waals surface area contributed by atoms with Gasteiger partial charge in [0.15, 0.2) is 0 Å². The summed E-state index contributed by atoms with van der Waals surface area (Å²) in [4.78, 5) is 10.0. The van der Waals surface area contributed by atoms with Crippen LogP contribution in [0, 0.1) is 0 Å². The Hall–Kier alpha value is -1.02. The van der Waals surface area contributed by atoms with Crippen LogP contribution in [-0.4, -0.2) is 11.7 Å². The minimum absolute atomic E-state index is 0.556. The Kier molecular flexibility index (Phi) is 2.29. The lowest BCUT2D eigenvalue weighted by molar-refractivity contribution is 0.563. The van der Waals surface area contributed by atoms with Crippen molar-refractivity contribution >= 4 is 23.9 Å². The number of rotatable bonds is 2. The Bertz CT molecular complexity index is 211. The molecule has 0 amide bonds. The zero-order valence-corrected chi connectivity index (χ0v) is 6.02.